The van der Waals surface area contributed by atoms with Gasteiger partial charge in [0, 0.05) is 22.3 Å². The molecule has 0 aliphatic carbocycles. The minimum absolute atomic E-state index is 0.213. The van der Waals surface area contributed by atoms with E-state index in [0.29, 0.717) is 22.1 Å². The van der Waals surface area contributed by atoms with Crippen molar-refractivity contribution in [3.8, 4) is 22.4 Å². The van der Waals surface area contributed by atoms with E-state index >= 15 is 0 Å². The van der Waals surface area contributed by atoms with Crippen LogP contribution in [0.2, 0.25) is 5.02 Å². The largest absolute Gasteiger partial charge is 0.342 e. The monoisotopic (exact) mass is 419 g/mol. The van der Waals surface area contributed by atoms with Crippen LogP contribution in [0.25, 0.3) is 38.8 Å². The summed E-state index contributed by atoms with van der Waals surface area (Å²) in [5, 5.41) is 7.54. The van der Waals surface area contributed by atoms with E-state index in [1.807, 2.05) is 42.5 Å². The third-order valence-corrected chi connectivity index (χ3v) is 5.51. The van der Waals surface area contributed by atoms with Crippen molar-refractivity contribution in [1.82, 2.24) is 14.6 Å². The molecule has 0 aliphatic heterocycles. The number of hydrogen-bond acceptors (Lipinski definition) is 2. The number of rotatable bonds is 3. The molecule has 3 aromatic carbocycles. The van der Waals surface area contributed by atoms with Gasteiger partial charge >= 0.3 is 0 Å². The van der Waals surface area contributed by atoms with Gasteiger partial charge in [0.1, 0.15) is 11.3 Å². The van der Waals surface area contributed by atoms with E-state index in [2.05, 4.69) is 34.3 Å². The van der Waals surface area contributed by atoms with Gasteiger partial charge in [-0.15, -0.1) is 11.6 Å². The molecule has 0 aliphatic rings. The van der Waals surface area contributed by atoms with Crippen LogP contribution in [0.4, 0.5) is 0 Å². The maximum atomic E-state index is 12.7. The van der Waals surface area contributed by atoms with Crippen molar-refractivity contribution in [1.29, 1.82) is 0 Å². The van der Waals surface area contributed by atoms with Crippen LogP contribution in [0.1, 0.15) is 5.69 Å². The molecule has 0 bridgehead atoms. The van der Waals surface area contributed by atoms with E-state index < -0.39 is 0 Å². The van der Waals surface area contributed by atoms with Crippen molar-refractivity contribution in [3.05, 3.63) is 93.9 Å². The molecule has 29 heavy (non-hydrogen) atoms. The number of nitrogens with zero attached hydrogens (tertiary/aromatic N) is 2. The van der Waals surface area contributed by atoms with Crippen molar-refractivity contribution in [2.24, 2.45) is 0 Å². The van der Waals surface area contributed by atoms with E-state index in [1.165, 1.54) is 10.6 Å². The molecule has 0 saturated heterocycles. The Kier molecular flexibility index (Phi) is 4.38. The zero-order chi connectivity index (χ0) is 20.0. The molecule has 6 heteroatoms. The molecule has 0 atom stereocenters. The highest BCUT2D eigenvalue weighted by Crippen LogP contribution is 2.35. The Labute approximate surface area is 176 Å². The van der Waals surface area contributed by atoms with Gasteiger partial charge in [0.15, 0.2) is 0 Å². The lowest BCUT2D eigenvalue weighted by Crippen LogP contribution is -2.15. The maximum Gasteiger partial charge on any atom is 0.274 e. The highest BCUT2D eigenvalue weighted by Gasteiger charge is 2.19. The number of aromatic amines is 1. The van der Waals surface area contributed by atoms with E-state index in [-0.39, 0.29) is 11.4 Å². The van der Waals surface area contributed by atoms with Crippen molar-refractivity contribution in [2.45, 2.75) is 5.88 Å². The van der Waals surface area contributed by atoms with Gasteiger partial charge in [-0.05, 0) is 34.5 Å². The van der Waals surface area contributed by atoms with Crippen LogP contribution in [0, 0.1) is 0 Å². The van der Waals surface area contributed by atoms with Gasteiger partial charge in [-0.2, -0.15) is 9.61 Å². The first kappa shape index (κ1) is 18.0. The van der Waals surface area contributed by atoms with E-state index in [9.17, 15) is 4.79 Å². The number of hydrogen-bond donors (Lipinski definition) is 1. The van der Waals surface area contributed by atoms with Gasteiger partial charge in [0.2, 0.25) is 0 Å². The van der Waals surface area contributed by atoms with Gasteiger partial charge in [-0.3, -0.25) is 4.79 Å². The van der Waals surface area contributed by atoms with Crippen LogP contribution in [0.5, 0.6) is 0 Å². The van der Waals surface area contributed by atoms with Crippen LogP contribution in [-0.2, 0) is 5.88 Å². The molecule has 2 heterocycles. The van der Waals surface area contributed by atoms with Crippen LogP contribution in [0.3, 0.4) is 0 Å². The molecule has 0 unspecified atom stereocenters. The summed E-state index contributed by atoms with van der Waals surface area (Å²) in [5.41, 5.74) is 4.44. The molecule has 0 spiro atoms. The number of halogens is 2. The number of H-pyrrole nitrogens is 1. The molecule has 5 aromatic rings. The predicted octanol–water partition coefficient (Wildman–Crippen LogP) is 5.90. The molecule has 0 saturated carbocycles. The van der Waals surface area contributed by atoms with Gasteiger partial charge < -0.3 is 4.98 Å². The first-order chi connectivity index (χ1) is 14.1. The van der Waals surface area contributed by atoms with E-state index in [1.54, 1.807) is 0 Å². The summed E-state index contributed by atoms with van der Waals surface area (Å²) >= 11 is 12.1. The fourth-order valence-corrected chi connectivity index (χ4v) is 3.86. The maximum absolute atomic E-state index is 12.7. The standard InChI is InChI=1S/C23H15Cl2N3O/c24-13-19-12-20(29)28-23(26-19)21(22(27-28)15-7-9-18(25)10-8-15)17-6-5-14-3-1-2-4-16(14)11-17/h1-12,26H,13H2. The van der Waals surface area contributed by atoms with E-state index in [0.717, 1.165) is 27.5 Å². The van der Waals surface area contributed by atoms with Crippen molar-refractivity contribution >= 4 is 39.6 Å². The lowest BCUT2D eigenvalue weighted by Gasteiger charge is -2.07. The zero-order valence-corrected chi connectivity index (χ0v) is 16.7. The quantitative estimate of drug-likeness (QED) is 0.370. The smallest absolute Gasteiger partial charge is 0.274 e. The third-order valence-electron chi connectivity index (χ3n) is 4.97. The molecule has 0 radical (unpaired) electrons. The second kappa shape index (κ2) is 7.07. The minimum Gasteiger partial charge on any atom is -0.342 e. The lowest BCUT2D eigenvalue weighted by atomic mass is 9.98. The number of benzene rings is 3. The summed E-state index contributed by atoms with van der Waals surface area (Å²) in [5.74, 6) is 0.213. The van der Waals surface area contributed by atoms with Crippen LogP contribution < -0.4 is 5.56 Å². The predicted molar refractivity (Wildman–Crippen MR) is 119 cm³/mol. The molecular weight excluding hydrogens is 405 g/mol. The molecule has 2 aromatic heterocycles. The minimum atomic E-state index is -0.225. The highest BCUT2D eigenvalue weighted by molar-refractivity contribution is 6.30. The summed E-state index contributed by atoms with van der Waals surface area (Å²) in [6.45, 7) is 0. The number of nitrogens with one attached hydrogen (secondary N) is 1. The molecule has 5 rings (SSSR count). The van der Waals surface area contributed by atoms with Crippen LogP contribution >= 0.6 is 23.2 Å². The second-order valence-electron chi connectivity index (χ2n) is 6.82. The van der Waals surface area contributed by atoms with Crippen LogP contribution in [-0.4, -0.2) is 14.6 Å². The van der Waals surface area contributed by atoms with Gasteiger partial charge in [-0.1, -0.05) is 60.1 Å². The fraction of sp³-hybridized carbons (Fsp3) is 0.0435. The molecule has 0 amide bonds. The highest BCUT2D eigenvalue weighted by atomic mass is 35.5. The summed E-state index contributed by atoms with van der Waals surface area (Å²) in [6.07, 6.45) is 0. The van der Waals surface area contributed by atoms with Crippen molar-refractivity contribution in [2.75, 3.05) is 0 Å². The number of aromatic nitrogens is 3. The summed E-state index contributed by atoms with van der Waals surface area (Å²) < 4.78 is 1.39. The summed E-state index contributed by atoms with van der Waals surface area (Å²) in [7, 11) is 0. The summed E-state index contributed by atoms with van der Waals surface area (Å²) in [6, 6.07) is 23.3. The topological polar surface area (TPSA) is 50.2 Å². The first-order valence-corrected chi connectivity index (χ1v) is 10.0. The molecule has 142 valence electrons. The Bertz CT molecular complexity index is 1420. The Morgan fingerprint density at radius 3 is 2.38 bits per heavy atom. The van der Waals surface area contributed by atoms with Crippen molar-refractivity contribution in [3.63, 3.8) is 0 Å². The average Bonchev–Trinajstić information content (AvgIpc) is 3.14. The first-order valence-electron chi connectivity index (χ1n) is 9.10. The Hall–Kier alpha value is -3.08. The lowest BCUT2D eigenvalue weighted by molar-refractivity contribution is 0.891. The third kappa shape index (κ3) is 3.11. The molecule has 4 nitrogen and oxygen atoms in total. The van der Waals surface area contributed by atoms with Crippen LogP contribution in [0.15, 0.2) is 77.6 Å². The summed E-state index contributed by atoms with van der Waals surface area (Å²) in [4.78, 5) is 15.9. The fourth-order valence-electron chi connectivity index (χ4n) is 3.59. The Morgan fingerprint density at radius 1 is 0.897 bits per heavy atom. The molecule has 1 N–H and O–H groups in total. The zero-order valence-electron chi connectivity index (χ0n) is 15.2. The van der Waals surface area contributed by atoms with Gasteiger partial charge in [0.05, 0.1) is 11.4 Å². The number of fused-ring (bicyclic) bond motifs is 2. The Morgan fingerprint density at radius 2 is 1.62 bits per heavy atom. The normalized spacial score (nSPS) is 11.4. The average molecular weight is 420 g/mol. The molecular formula is C23H15Cl2N3O. The Balaban J connectivity index is 1.87. The second-order valence-corrected chi connectivity index (χ2v) is 7.52. The van der Waals surface area contributed by atoms with Crippen molar-refractivity contribution < 1.29 is 0 Å². The van der Waals surface area contributed by atoms with Gasteiger partial charge in [-0.25, -0.2) is 0 Å². The van der Waals surface area contributed by atoms with E-state index in [4.69, 9.17) is 23.2 Å². The number of alkyl halides is 1. The van der Waals surface area contributed by atoms with Gasteiger partial charge in [0.25, 0.3) is 5.56 Å². The molecule has 0 fully saturated rings. The SMILES string of the molecule is O=c1cc(CCl)[nH]c2c(-c3ccc4ccccc4c3)c(-c3ccc(Cl)cc3)nn12.